The Kier molecular flexibility index (Phi) is 7.69. The molecule has 0 atom stereocenters. The lowest BCUT2D eigenvalue weighted by Crippen LogP contribution is -2.30. The Morgan fingerprint density at radius 3 is 2.43 bits per heavy atom. The summed E-state index contributed by atoms with van der Waals surface area (Å²) in [6.45, 7) is 7.32. The summed E-state index contributed by atoms with van der Waals surface area (Å²) in [6.07, 6.45) is 6.28. The van der Waals surface area contributed by atoms with E-state index in [-0.39, 0.29) is 11.7 Å². The lowest BCUT2D eigenvalue weighted by molar-refractivity contribution is -0.113. The van der Waals surface area contributed by atoms with E-state index in [9.17, 15) is 4.79 Å². The normalized spacial score (nSPS) is 16.5. The predicted octanol–water partition coefficient (Wildman–Crippen LogP) is 4.89. The quantitative estimate of drug-likeness (QED) is 0.454. The molecule has 0 saturated carbocycles. The fourth-order valence-electron chi connectivity index (χ4n) is 5.02. The molecule has 0 spiro atoms. The Labute approximate surface area is 211 Å². The number of thioether (sulfide) groups is 1. The Bertz CT molecular complexity index is 1140. The van der Waals surface area contributed by atoms with Gasteiger partial charge in [0.25, 0.3) is 0 Å². The van der Waals surface area contributed by atoms with Crippen molar-refractivity contribution in [3.8, 4) is 5.69 Å². The first-order valence-electron chi connectivity index (χ1n) is 12.7. The molecule has 35 heavy (non-hydrogen) atoms. The van der Waals surface area contributed by atoms with Gasteiger partial charge in [0.15, 0.2) is 11.0 Å². The van der Waals surface area contributed by atoms with E-state index in [1.807, 2.05) is 24.3 Å². The smallest absolute Gasteiger partial charge is 0.234 e. The number of hydrogen-bond donors (Lipinski definition) is 1. The van der Waals surface area contributed by atoms with Crippen LogP contribution in [0.4, 0.5) is 11.4 Å². The number of nitrogens with one attached hydrogen (secondary N) is 1. The van der Waals surface area contributed by atoms with Gasteiger partial charge in [0, 0.05) is 30.2 Å². The first-order valence-corrected chi connectivity index (χ1v) is 13.7. The van der Waals surface area contributed by atoms with Gasteiger partial charge in [-0.25, -0.2) is 0 Å². The molecule has 2 aliphatic rings. The number of hydrogen-bond acceptors (Lipinski definition) is 6. The Morgan fingerprint density at radius 1 is 0.943 bits per heavy atom. The summed E-state index contributed by atoms with van der Waals surface area (Å²) in [4.78, 5) is 17.7. The molecular formula is C27H34N6OS. The fraction of sp³-hybridized carbons (Fsp3) is 0.444. The second kappa shape index (κ2) is 11.3. The average Bonchev–Trinajstić information content (AvgIpc) is 3.54. The van der Waals surface area contributed by atoms with Crippen LogP contribution in [0, 0.1) is 6.92 Å². The summed E-state index contributed by atoms with van der Waals surface area (Å²) in [5.41, 5.74) is 4.34. The van der Waals surface area contributed by atoms with Gasteiger partial charge in [-0.1, -0.05) is 36.4 Å². The van der Waals surface area contributed by atoms with Gasteiger partial charge in [-0.15, -0.1) is 10.2 Å². The van der Waals surface area contributed by atoms with E-state index < -0.39 is 0 Å². The minimum atomic E-state index is -0.0384. The number of carbonyl (C=O) groups excluding carboxylic acids is 1. The van der Waals surface area contributed by atoms with Crippen molar-refractivity contribution in [2.75, 3.05) is 42.1 Å². The highest BCUT2D eigenvalue weighted by Crippen LogP contribution is 2.27. The van der Waals surface area contributed by atoms with E-state index in [0.717, 1.165) is 55.1 Å². The minimum Gasteiger partial charge on any atom is -0.371 e. The summed E-state index contributed by atoms with van der Waals surface area (Å²) in [6, 6.07) is 16.4. The summed E-state index contributed by atoms with van der Waals surface area (Å²) in [7, 11) is 0. The molecule has 3 aromatic rings. The molecule has 0 radical (unpaired) electrons. The molecule has 0 bridgehead atoms. The third-order valence-corrected chi connectivity index (χ3v) is 7.72. The van der Waals surface area contributed by atoms with Crippen molar-refractivity contribution in [2.24, 2.45) is 0 Å². The maximum absolute atomic E-state index is 12.8. The summed E-state index contributed by atoms with van der Waals surface area (Å²) < 4.78 is 2.10. The minimum absolute atomic E-state index is 0.0384. The number of anilines is 2. The van der Waals surface area contributed by atoms with Gasteiger partial charge >= 0.3 is 0 Å². The zero-order valence-corrected chi connectivity index (χ0v) is 21.3. The number of aromatic nitrogens is 3. The monoisotopic (exact) mass is 490 g/mol. The number of nitrogens with zero attached hydrogens (tertiary/aromatic N) is 5. The van der Waals surface area contributed by atoms with Crippen LogP contribution in [-0.4, -0.2) is 57.5 Å². The molecule has 1 amide bonds. The van der Waals surface area contributed by atoms with Crippen molar-refractivity contribution < 1.29 is 4.79 Å². The molecule has 0 unspecified atom stereocenters. The maximum atomic E-state index is 12.8. The van der Waals surface area contributed by atoms with Gasteiger partial charge in [0.1, 0.15) is 0 Å². The molecule has 2 aliphatic heterocycles. The van der Waals surface area contributed by atoms with Crippen molar-refractivity contribution in [2.45, 2.75) is 50.7 Å². The number of carbonyl (C=O) groups is 1. The molecule has 5 rings (SSSR count). The van der Waals surface area contributed by atoms with Gasteiger partial charge in [0.05, 0.1) is 12.3 Å². The predicted molar refractivity (Wildman–Crippen MR) is 142 cm³/mol. The van der Waals surface area contributed by atoms with Crippen molar-refractivity contribution in [3.05, 3.63) is 59.9 Å². The summed E-state index contributed by atoms with van der Waals surface area (Å²) in [5, 5.41) is 12.8. The first-order chi connectivity index (χ1) is 17.2. The van der Waals surface area contributed by atoms with E-state index in [2.05, 4.69) is 61.1 Å². The fourth-order valence-corrected chi connectivity index (χ4v) is 5.79. The largest absolute Gasteiger partial charge is 0.371 e. The highest BCUT2D eigenvalue weighted by atomic mass is 32.2. The Morgan fingerprint density at radius 2 is 1.69 bits per heavy atom. The van der Waals surface area contributed by atoms with Crippen LogP contribution in [-0.2, 0) is 11.3 Å². The lowest BCUT2D eigenvalue weighted by atomic mass is 10.1. The van der Waals surface area contributed by atoms with E-state index >= 15 is 0 Å². The second-order valence-corrected chi connectivity index (χ2v) is 10.4. The number of amides is 1. The standard InChI is InChI=1S/C27H34N6OS/c1-21-18-22(12-13-24(21)32-16-8-9-17-32)28-26(34)20-35-27-30-29-25(19-31-14-6-3-7-15-31)33(27)23-10-4-2-5-11-23/h2,4-5,10-13,18H,3,6-9,14-17,19-20H2,1H3,(H,28,34). The SMILES string of the molecule is Cc1cc(NC(=O)CSc2nnc(CN3CCCCC3)n2-c2ccccc2)ccc1N1CCCC1. The first kappa shape index (κ1) is 23.9. The topological polar surface area (TPSA) is 66.3 Å². The van der Waals surface area contributed by atoms with Gasteiger partial charge in [-0.05, 0) is 81.6 Å². The van der Waals surface area contributed by atoms with Gasteiger partial charge in [-0.2, -0.15) is 0 Å². The number of rotatable bonds is 8. The Hall–Kier alpha value is -2.84. The number of likely N-dealkylation sites (tertiary alicyclic amines) is 1. The van der Waals surface area contributed by atoms with E-state index in [1.165, 1.54) is 55.1 Å². The molecule has 1 aromatic heterocycles. The summed E-state index contributed by atoms with van der Waals surface area (Å²) in [5.74, 6) is 1.17. The van der Waals surface area contributed by atoms with Gasteiger partial charge < -0.3 is 10.2 Å². The second-order valence-electron chi connectivity index (χ2n) is 9.44. The number of aryl methyl sites for hydroxylation is 1. The molecule has 8 heteroatoms. The zero-order chi connectivity index (χ0) is 24.0. The van der Waals surface area contributed by atoms with Crippen molar-refractivity contribution in [1.29, 1.82) is 0 Å². The third kappa shape index (κ3) is 5.87. The number of benzene rings is 2. The zero-order valence-electron chi connectivity index (χ0n) is 20.4. The molecule has 1 N–H and O–H groups in total. The van der Waals surface area contributed by atoms with Crippen molar-refractivity contribution >= 4 is 29.0 Å². The van der Waals surface area contributed by atoms with Crippen LogP contribution in [0.3, 0.4) is 0 Å². The van der Waals surface area contributed by atoms with Crippen LogP contribution in [0.25, 0.3) is 5.69 Å². The average molecular weight is 491 g/mol. The molecular weight excluding hydrogens is 456 g/mol. The van der Waals surface area contributed by atoms with Crippen molar-refractivity contribution in [1.82, 2.24) is 19.7 Å². The molecule has 3 heterocycles. The highest BCUT2D eigenvalue weighted by Gasteiger charge is 2.20. The molecule has 2 fully saturated rings. The van der Waals surface area contributed by atoms with Gasteiger partial charge in [-0.3, -0.25) is 14.3 Å². The highest BCUT2D eigenvalue weighted by molar-refractivity contribution is 7.99. The molecule has 7 nitrogen and oxygen atoms in total. The molecule has 184 valence electrons. The van der Waals surface area contributed by atoms with Crippen LogP contribution in [0.5, 0.6) is 0 Å². The molecule has 2 aromatic carbocycles. The Balaban J connectivity index is 1.25. The number of piperidine rings is 1. The van der Waals surface area contributed by atoms with E-state index in [1.54, 1.807) is 0 Å². The summed E-state index contributed by atoms with van der Waals surface area (Å²) >= 11 is 1.43. The maximum Gasteiger partial charge on any atom is 0.234 e. The van der Waals surface area contributed by atoms with Crippen LogP contribution in [0.1, 0.15) is 43.5 Å². The van der Waals surface area contributed by atoms with Crippen LogP contribution >= 0.6 is 11.8 Å². The molecule has 2 saturated heterocycles. The van der Waals surface area contributed by atoms with E-state index in [0.29, 0.717) is 0 Å². The van der Waals surface area contributed by atoms with Crippen molar-refractivity contribution in [3.63, 3.8) is 0 Å². The molecule has 0 aliphatic carbocycles. The number of para-hydroxylation sites is 1. The van der Waals surface area contributed by atoms with Crippen LogP contribution < -0.4 is 10.2 Å². The van der Waals surface area contributed by atoms with Gasteiger partial charge in [0.2, 0.25) is 5.91 Å². The van der Waals surface area contributed by atoms with E-state index in [4.69, 9.17) is 0 Å². The van der Waals surface area contributed by atoms with Crippen LogP contribution in [0.15, 0.2) is 53.7 Å². The lowest BCUT2D eigenvalue weighted by Gasteiger charge is -2.26. The van der Waals surface area contributed by atoms with Crippen LogP contribution in [0.2, 0.25) is 0 Å². The third-order valence-electron chi connectivity index (χ3n) is 6.79.